The summed E-state index contributed by atoms with van der Waals surface area (Å²) in [6, 6.07) is 5.34. The van der Waals surface area contributed by atoms with E-state index in [-0.39, 0.29) is 11.9 Å². The van der Waals surface area contributed by atoms with Gasteiger partial charge in [0.15, 0.2) is 0 Å². The van der Waals surface area contributed by atoms with Gasteiger partial charge in [-0.05, 0) is 30.5 Å². The number of halogens is 1. The summed E-state index contributed by atoms with van der Waals surface area (Å²) in [7, 11) is 0. The third-order valence-electron chi connectivity index (χ3n) is 2.73. The average Bonchev–Trinajstić information content (AvgIpc) is 2.23. The first kappa shape index (κ1) is 14.0. The Labute approximate surface area is 107 Å². The number of nitrogens with two attached hydrogens (primary N) is 1. The van der Waals surface area contributed by atoms with Crippen LogP contribution in [0.25, 0.3) is 0 Å². The highest BCUT2D eigenvalue weighted by molar-refractivity contribution is 6.31. The largest absolute Gasteiger partial charge is 0.327 e. The van der Waals surface area contributed by atoms with Crippen molar-refractivity contribution in [1.29, 1.82) is 0 Å². The molecule has 1 unspecified atom stereocenters. The zero-order valence-electron chi connectivity index (χ0n) is 10.5. The second-order valence-electron chi connectivity index (χ2n) is 4.62. The zero-order valence-corrected chi connectivity index (χ0v) is 11.2. The van der Waals surface area contributed by atoms with Crippen LogP contribution in [0.15, 0.2) is 18.2 Å². The van der Waals surface area contributed by atoms with E-state index in [0.29, 0.717) is 23.0 Å². The van der Waals surface area contributed by atoms with Crippen LogP contribution in [0.1, 0.15) is 25.8 Å². The highest BCUT2D eigenvalue weighted by Crippen LogP contribution is 2.20. The van der Waals surface area contributed by atoms with Gasteiger partial charge in [-0.2, -0.15) is 0 Å². The van der Waals surface area contributed by atoms with Crippen molar-refractivity contribution in [1.82, 2.24) is 0 Å². The molecular weight excluding hydrogens is 236 g/mol. The molecule has 0 aliphatic heterocycles. The lowest BCUT2D eigenvalue weighted by molar-refractivity contribution is -0.116. The summed E-state index contributed by atoms with van der Waals surface area (Å²) in [6.45, 7) is 5.92. The fourth-order valence-electron chi connectivity index (χ4n) is 1.33. The Bertz CT molecular complexity index is 404. The molecular formula is C13H19ClN2O. The molecule has 0 spiro atoms. The van der Waals surface area contributed by atoms with Gasteiger partial charge in [0.05, 0.1) is 0 Å². The number of hydrogen-bond acceptors (Lipinski definition) is 2. The van der Waals surface area contributed by atoms with Crippen molar-refractivity contribution in [3.63, 3.8) is 0 Å². The van der Waals surface area contributed by atoms with Crippen LogP contribution in [0.5, 0.6) is 0 Å². The van der Waals surface area contributed by atoms with Crippen LogP contribution in [0.2, 0.25) is 5.02 Å². The lowest BCUT2D eigenvalue weighted by Gasteiger charge is -2.15. The Morgan fingerprint density at radius 1 is 1.47 bits per heavy atom. The molecule has 1 aromatic carbocycles. The summed E-state index contributed by atoms with van der Waals surface area (Å²) in [5, 5.41) is 3.44. The quantitative estimate of drug-likeness (QED) is 0.868. The fourth-order valence-corrected chi connectivity index (χ4v) is 1.51. The average molecular weight is 255 g/mol. The molecule has 0 bridgehead atoms. The number of benzene rings is 1. The molecule has 0 aromatic heterocycles. The molecule has 1 amide bonds. The van der Waals surface area contributed by atoms with E-state index in [1.807, 2.05) is 32.9 Å². The number of rotatable bonds is 4. The van der Waals surface area contributed by atoms with E-state index in [1.54, 1.807) is 6.07 Å². The van der Waals surface area contributed by atoms with Gasteiger partial charge in [-0.25, -0.2) is 0 Å². The molecule has 0 saturated heterocycles. The summed E-state index contributed by atoms with van der Waals surface area (Å²) in [4.78, 5) is 11.7. The van der Waals surface area contributed by atoms with Gasteiger partial charge in [0, 0.05) is 23.2 Å². The summed E-state index contributed by atoms with van der Waals surface area (Å²) in [6.07, 6.45) is 0.323. The Morgan fingerprint density at radius 3 is 2.65 bits per heavy atom. The van der Waals surface area contributed by atoms with Gasteiger partial charge in [-0.1, -0.05) is 31.5 Å². The number of carbonyl (C=O) groups is 1. The number of nitrogens with one attached hydrogen (secondary N) is 1. The van der Waals surface area contributed by atoms with E-state index in [4.69, 9.17) is 17.3 Å². The number of amides is 1. The van der Waals surface area contributed by atoms with Crippen LogP contribution in [-0.4, -0.2) is 11.9 Å². The molecule has 17 heavy (non-hydrogen) atoms. The number of carbonyl (C=O) groups excluding carboxylic acids is 1. The normalized spacial score (nSPS) is 12.6. The van der Waals surface area contributed by atoms with E-state index in [2.05, 4.69) is 5.32 Å². The Balaban J connectivity index is 2.59. The Hall–Kier alpha value is -1.06. The lowest BCUT2D eigenvalue weighted by Crippen LogP contribution is -2.31. The van der Waals surface area contributed by atoms with Gasteiger partial charge in [-0.15, -0.1) is 0 Å². The van der Waals surface area contributed by atoms with E-state index in [9.17, 15) is 4.79 Å². The van der Waals surface area contributed by atoms with E-state index < -0.39 is 0 Å². The van der Waals surface area contributed by atoms with Gasteiger partial charge in [0.2, 0.25) is 5.91 Å². The number of aryl methyl sites for hydroxylation is 1. The SMILES string of the molecule is Cc1ccc(NC(=O)CC(N)C(C)C)cc1Cl. The van der Waals surface area contributed by atoms with Crippen LogP contribution in [-0.2, 0) is 4.79 Å². The Morgan fingerprint density at radius 2 is 2.12 bits per heavy atom. The first-order chi connectivity index (χ1) is 7.90. The molecule has 1 aromatic rings. The molecule has 3 N–H and O–H groups in total. The standard InChI is InChI=1S/C13H19ClN2O/c1-8(2)12(15)7-13(17)16-10-5-4-9(3)11(14)6-10/h4-6,8,12H,7,15H2,1-3H3,(H,16,17). The van der Waals surface area contributed by atoms with Gasteiger partial charge < -0.3 is 11.1 Å². The predicted octanol–water partition coefficient (Wildman–Crippen LogP) is 2.96. The predicted molar refractivity (Wildman–Crippen MR) is 72.2 cm³/mol. The van der Waals surface area contributed by atoms with Crippen LogP contribution >= 0.6 is 11.6 Å². The molecule has 0 saturated carbocycles. The molecule has 0 radical (unpaired) electrons. The van der Waals surface area contributed by atoms with Crippen molar-refractivity contribution in [2.45, 2.75) is 33.2 Å². The number of anilines is 1. The lowest BCUT2D eigenvalue weighted by atomic mass is 10.0. The first-order valence-electron chi connectivity index (χ1n) is 5.71. The highest BCUT2D eigenvalue weighted by Gasteiger charge is 2.13. The van der Waals surface area contributed by atoms with Gasteiger partial charge in [0.1, 0.15) is 0 Å². The maximum atomic E-state index is 11.7. The minimum absolute atomic E-state index is 0.0777. The van der Waals surface area contributed by atoms with Crippen molar-refractivity contribution in [3.05, 3.63) is 28.8 Å². The maximum Gasteiger partial charge on any atom is 0.225 e. The molecule has 94 valence electrons. The number of hydrogen-bond donors (Lipinski definition) is 2. The highest BCUT2D eigenvalue weighted by atomic mass is 35.5. The van der Waals surface area contributed by atoms with Crippen LogP contribution in [0.3, 0.4) is 0 Å². The third-order valence-corrected chi connectivity index (χ3v) is 3.14. The molecule has 1 atom stereocenters. The summed E-state index contributed by atoms with van der Waals surface area (Å²) in [5.41, 5.74) is 7.54. The van der Waals surface area contributed by atoms with Crippen molar-refractivity contribution in [2.24, 2.45) is 11.7 Å². The topological polar surface area (TPSA) is 55.1 Å². The summed E-state index contributed by atoms with van der Waals surface area (Å²) >= 11 is 5.98. The van der Waals surface area contributed by atoms with Crippen LogP contribution in [0.4, 0.5) is 5.69 Å². The second-order valence-corrected chi connectivity index (χ2v) is 5.03. The van der Waals surface area contributed by atoms with Gasteiger partial charge >= 0.3 is 0 Å². The van der Waals surface area contributed by atoms with Crippen LogP contribution in [0, 0.1) is 12.8 Å². The minimum atomic E-state index is -0.115. The molecule has 0 aliphatic carbocycles. The molecule has 1 rings (SSSR count). The van der Waals surface area contributed by atoms with E-state index >= 15 is 0 Å². The van der Waals surface area contributed by atoms with Gasteiger partial charge in [-0.3, -0.25) is 4.79 Å². The van der Waals surface area contributed by atoms with Gasteiger partial charge in [0.25, 0.3) is 0 Å². The molecule has 0 aliphatic rings. The third kappa shape index (κ3) is 4.36. The van der Waals surface area contributed by atoms with E-state index in [1.165, 1.54) is 0 Å². The smallest absolute Gasteiger partial charge is 0.225 e. The monoisotopic (exact) mass is 254 g/mol. The zero-order chi connectivity index (χ0) is 13.0. The van der Waals surface area contributed by atoms with Crippen molar-refractivity contribution in [2.75, 3.05) is 5.32 Å². The van der Waals surface area contributed by atoms with E-state index in [0.717, 1.165) is 5.56 Å². The van der Waals surface area contributed by atoms with Crippen molar-refractivity contribution >= 4 is 23.2 Å². The van der Waals surface area contributed by atoms with Crippen LogP contribution < -0.4 is 11.1 Å². The molecule has 4 heteroatoms. The fraction of sp³-hybridized carbons (Fsp3) is 0.462. The maximum absolute atomic E-state index is 11.7. The molecule has 0 fully saturated rings. The summed E-state index contributed by atoms with van der Waals surface area (Å²) < 4.78 is 0. The van der Waals surface area contributed by atoms with Crippen molar-refractivity contribution in [3.8, 4) is 0 Å². The minimum Gasteiger partial charge on any atom is -0.327 e. The Kier molecular flexibility index (Phi) is 4.97. The molecule has 0 heterocycles. The molecule has 3 nitrogen and oxygen atoms in total. The van der Waals surface area contributed by atoms with Crippen molar-refractivity contribution < 1.29 is 4.79 Å². The second kappa shape index (κ2) is 6.03. The first-order valence-corrected chi connectivity index (χ1v) is 6.09. The summed E-state index contributed by atoms with van der Waals surface area (Å²) in [5.74, 6) is 0.216.